The van der Waals surface area contributed by atoms with Gasteiger partial charge in [-0.25, -0.2) is 0 Å². The van der Waals surface area contributed by atoms with Gasteiger partial charge in [-0.1, -0.05) is 60.0 Å². The SMILES string of the molecule is C#CCN(C)CCCN1C(=O)C(c2ccc(Cl)cc2)Sc2ccc3ccccc3c21. The van der Waals surface area contributed by atoms with Crippen LogP contribution in [0.5, 0.6) is 0 Å². The molecule has 1 unspecified atom stereocenters. The molecule has 0 spiro atoms. The van der Waals surface area contributed by atoms with Crippen LogP contribution >= 0.6 is 23.4 Å². The Morgan fingerprint density at radius 1 is 1.13 bits per heavy atom. The number of carbonyl (C=O) groups excluding carboxylic acids is 1. The number of rotatable bonds is 6. The van der Waals surface area contributed by atoms with Crippen molar-refractivity contribution < 1.29 is 4.79 Å². The summed E-state index contributed by atoms with van der Waals surface area (Å²) in [5.41, 5.74) is 2.00. The lowest BCUT2D eigenvalue weighted by Crippen LogP contribution is -2.39. The van der Waals surface area contributed by atoms with Gasteiger partial charge < -0.3 is 4.90 Å². The average molecular weight is 435 g/mol. The lowest BCUT2D eigenvalue weighted by atomic mass is 10.1. The number of carbonyl (C=O) groups is 1. The minimum absolute atomic E-state index is 0.116. The van der Waals surface area contributed by atoms with Crippen molar-refractivity contribution in [2.45, 2.75) is 16.6 Å². The number of terminal acetylenes is 1. The number of hydrogen-bond acceptors (Lipinski definition) is 3. The van der Waals surface area contributed by atoms with Crippen LogP contribution in [-0.4, -0.2) is 37.5 Å². The summed E-state index contributed by atoms with van der Waals surface area (Å²) in [6.07, 6.45) is 6.27. The molecular weight excluding hydrogens is 412 g/mol. The molecule has 1 atom stereocenters. The third kappa shape index (κ3) is 4.20. The van der Waals surface area contributed by atoms with E-state index in [4.69, 9.17) is 18.0 Å². The molecule has 0 fully saturated rings. The van der Waals surface area contributed by atoms with Crippen LogP contribution in [-0.2, 0) is 4.79 Å². The van der Waals surface area contributed by atoms with Gasteiger partial charge in [-0.15, -0.1) is 18.2 Å². The van der Waals surface area contributed by atoms with Crippen molar-refractivity contribution in [2.75, 3.05) is 31.6 Å². The number of benzene rings is 3. The van der Waals surface area contributed by atoms with Gasteiger partial charge in [-0.3, -0.25) is 9.69 Å². The van der Waals surface area contributed by atoms with E-state index in [2.05, 4.69) is 35.1 Å². The molecule has 0 bridgehead atoms. The highest BCUT2D eigenvalue weighted by atomic mass is 35.5. The monoisotopic (exact) mass is 434 g/mol. The van der Waals surface area contributed by atoms with Crippen molar-refractivity contribution in [3.63, 3.8) is 0 Å². The van der Waals surface area contributed by atoms with Crippen molar-refractivity contribution in [3.05, 3.63) is 71.2 Å². The van der Waals surface area contributed by atoms with Crippen LogP contribution in [0.25, 0.3) is 10.8 Å². The zero-order valence-corrected chi connectivity index (χ0v) is 18.4. The Balaban J connectivity index is 1.71. The molecule has 0 N–H and O–H groups in total. The van der Waals surface area contributed by atoms with E-state index in [1.54, 1.807) is 11.8 Å². The second kappa shape index (κ2) is 9.14. The van der Waals surface area contributed by atoms with Crippen LogP contribution in [0, 0.1) is 12.3 Å². The first kappa shape index (κ1) is 20.8. The number of fused-ring (bicyclic) bond motifs is 3. The van der Waals surface area contributed by atoms with Gasteiger partial charge >= 0.3 is 0 Å². The second-order valence-corrected chi connectivity index (χ2v) is 9.05. The van der Waals surface area contributed by atoms with Crippen molar-refractivity contribution in [2.24, 2.45) is 0 Å². The first-order valence-electron chi connectivity index (χ1n) is 9.96. The van der Waals surface area contributed by atoms with Crippen molar-refractivity contribution in [1.82, 2.24) is 4.90 Å². The molecule has 1 aliphatic rings. The van der Waals surface area contributed by atoms with Gasteiger partial charge in [0.25, 0.3) is 0 Å². The van der Waals surface area contributed by atoms with Crippen molar-refractivity contribution in [3.8, 4) is 12.3 Å². The van der Waals surface area contributed by atoms with Gasteiger partial charge in [0, 0.05) is 28.4 Å². The molecule has 1 amide bonds. The van der Waals surface area contributed by atoms with Crippen LogP contribution in [0.1, 0.15) is 17.2 Å². The van der Waals surface area contributed by atoms with Crippen LogP contribution in [0.3, 0.4) is 0 Å². The molecule has 0 saturated heterocycles. The molecule has 30 heavy (non-hydrogen) atoms. The summed E-state index contributed by atoms with van der Waals surface area (Å²) in [5, 5.41) is 2.65. The molecule has 3 aromatic carbocycles. The summed E-state index contributed by atoms with van der Waals surface area (Å²) in [6.45, 7) is 2.10. The minimum Gasteiger partial charge on any atom is -0.309 e. The fraction of sp³-hybridized carbons (Fsp3) is 0.240. The highest BCUT2D eigenvalue weighted by molar-refractivity contribution is 8.00. The standard InChI is InChI=1S/C25H23ClN2OS/c1-3-15-27(2)16-6-17-28-23-21-8-5-4-7-18(21)11-14-22(23)30-24(25(28)29)19-9-12-20(26)13-10-19/h1,4-5,7-14,24H,6,15-17H2,2H3. The van der Waals surface area contributed by atoms with Crippen molar-refractivity contribution >= 4 is 45.7 Å². The Labute approximate surface area is 187 Å². The molecule has 3 aromatic rings. The fourth-order valence-electron chi connectivity index (χ4n) is 3.84. The van der Waals surface area contributed by atoms with Gasteiger partial charge in [-0.2, -0.15) is 0 Å². The van der Waals surface area contributed by atoms with Crippen LogP contribution in [0.2, 0.25) is 5.02 Å². The molecule has 4 rings (SSSR count). The maximum Gasteiger partial charge on any atom is 0.245 e. The topological polar surface area (TPSA) is 23.6 Å². The maximum atomic E-state index is 13.6. The van der Waals surface area contributed by atoms with Crippen LogP contribution in [0.15, 0.2) is 65.6 Å². The molecule has 5 heteroatoms. The molecule has 1 heterocycles. The van der Waals surface area contributed by atoms with E-state index in [9.17, 15) is 4.79 Å². The first-order chi connectivity index (χ1) is 14.6. The Morgan fingerprint density at radius 3 is 2.67 bits per heavy atom. The van der Waals surface area contributed by atoms with Crippen LogP contribution < -0.4 is 4.90 Å². The molecular formula is C25H23ClN2OS. The van der Waals surface area contributed by atoms with Crippen LogP contribution in [0.4, 0.5) is 5.69 Å². The number of thioether (sulfide) groups is 1. The number of hydrogen-bond donors (Lipinski definition) is 0. The predicted octanol–water partition coefficient (Wildman–Crippen LogP) is 5.63. The van der Waals surface area contributed by atoms with E-state index in [1.807, 2.05) is 48.3 Å². The van der Waals surface area contributed by atoms with Crippen molar-refractivity contribution in [1.29, 1.82) is 0 Å². The largest absolute Gasteiger partial charge is 0.309 e. The van der Waals surface area contributed by atoms with E-state index in [-0.39, 0.29) is 11.2 Å². The highest BCUT2D eigenvalue weighted by Crippen LogP contribution is 2.49. The molecule has 1 aliphatic heterocycles. The van der Waals surface area contributed by atoms with E-state index in [1.165, 1.54) is 0 Å². The molecule has 3 nitrogen and oxygen atoms in total. The quantitative estimate of drug-likeness (QED) is 0.470. The van der Waals surface area contributed by atoms with Gasteiger partial charge in [-0.05, 0) is 42.6 Å². The zero-order valence-electron chi connectivity index (χ0n) is 16.8. The summed E-state index contributed by atoms with van der Waals surface area (Å²) in [4.78, 5) is 18.8. The molecule has 0 radical (unpaired) electrons. The maximum absolute atomic E-state index is 13.6. The summed E-state index contributed by atoms with van der Waals surface area (Å²) < 4.78 is 0. The fourth-order valence-corrected chi connectivity index (χ4v) is 5.22. The third-order valence-corrected chi connectivity index (χ3v) is 6.87. The van der Waals surface area contributed by atoms with Gasteiger partial charge in [0.05, 0.1) is 12.2 Å². The van der Waals surface area contributed by atoms with E-state index >= 15 is 0 Å². The minimum atomic E-state index is -0.278. The molecule has 0 aliphatic carbocycles. The summed E-state index contributed by atoms with van der Waals surface area (Å²) in [6, 6.07) is 20.1. The number of nitrogens with zero attached hydrogens (tertiary/aromatic N) is 2. The lowest BCUT2D eigenvalue weighted by Gasteiger charge is -2.35. The Kier molecular flexibility index (Phi) is 6.34. The summed E-state index contributed by atoms with van der Waals surface area (Å²) >= 11 is 7.68. The molecule has 152 valence electrons. The summed E-state index contributed by atoms with van der Waals surface area (Å²) in [5.74, 6) is 2.79. The Hall–Kier alpha value is -2.45. The molecule has 0 aromatic heterocycles. The molecule has 0 saturated carbocycles. The predicted molar refractivity (Wildman–Crippen MR) is 127 cm³/mol. The lowest BCUT2D eigenvalue weighted by molar-refractivity contribution is -0.118. The van der Waals surface area contributed by atoms with E-state index in [0.717, 1.165) is 39.9 Å². The van der Waals surface area contributed by atoms with Gasteiger partial charge in [0.15, 0.2) is 0 Å². The zero-order chi connectivity index (χ0) is 21.1. The van der Waals surface area contributed by atoms with Gasteiger partial charge in [0.2, 0.25) is 5.91 Å². The number of amides is 1. The normalized spacial score (nSPS) is 16.0. The Morgan fingerprint density at radius 2 is 1.90 bits per heavy atom. The number of halogens is 1. The van der Waals surface area contributed by atoms with E-state index < -0.39 is 0 Å². The first-order valence-corrected chi connectivity index (χ1v) is 11.2. The highest BCUT2D eigenvalue weighted by Gasteiger charge is 2.35. The Bertz CT molecular complexity index is 1110. The number of anilines is 1. The smallest absolute Gasteiger partial charge is 0.245 e. The third-order valence-electron chi connectivity index (χ3n) is 5.32. The average Bonchev–Trinajstić information content (AvgIpc) is 2.75. The van der Waals surface area contributed by atoms with Gasteiger partial charge in [0.1, 0.15) is 5.25 Å². The summed E-state index contributed by atoms with van der Waals surface area (Å²) in [7, 11) is 2.01. The second-order valence-electron chi connectivity index (χ2n) is 7.47. The van der Waals surface area contributed by atoms with E-state index in [0.29, 0.717) is 18.1 Å².